The lowest BCUT2D eigenvalue weighted by Crippen LogP contribution is -2.48. The van der Waals surface area contributed by atoms with E-state index >= 15 is 0 Å². The van der Waals surface area contributed by atoms with Crippen molar-refractivity contribution in [1.29, 1.82) is 0 Å². The van der Waals surface area contributed by atoms with Crippen molar-refractivity contribution in [3.8, 4) is 5.75 Å². The Labute approximate surface area is 167 Å². The highest BCUT2D eigenvalue weighted by Crippen LogP contribution is 2.29. The van der Waals surface area contributed by atoms with Gasteiger partial charge in [0.1, 0.15) is 17.4 Å². The maximum Gasteiger partial charge on any atom is 0.336 e. The minimum absolute atomic E-state index is 0.298. The summed E-state index contributed by atoms with van der Waals surface area (Å²) in [5.41, 5.74) is 1.32. The summed E-state index contributed by atoms with van der Waals surface area (Å²) < 4.78 is 10.8. The van der Waals surface area contributed by atoms with E-state index in [1.807, 2.05) is 0 Å². The molecular weight excluding hydrogens is 380 g/mol. The van der Waals surface area contributed by atoms with Crippen molar-refractivity contribution in [1.82, 2.24) is 10.6 Å². The molecule has 1 aromatic heterocycles. The smallest absolute Gasteiger partial charge is 0.336 e. The number of amides is 2. The third-order valence-electron chi connectivity index (χ3n) is 4.20. The van der Waals surface area contributed by atoms with Crippen LogP contribution in [0.5, 0.6) is 5.75 Å². The number of carboxylic acid groups (broad SMARTS) is 1. The lowest BCUT2D eigenvalue weighted by Gasteiger charge is -2.18. The van der Waals surface area contributed by atoms with Crippen LogP contribution in [-0.2, 0) is 14.4 Å². The van der Waals surface area contributed by atoms with Crippen LogP contribution in [0.3, 0.4) is 0 Å². The Kier molecular flexibility index (Phi) is 6.98. The summed E-state index contributed by atoms with van der Waals surface area (Å²) in [5, 5.41) is 14.4. The molecule has 0 aliphatic rings. The molecule has 0 aliphatic heterocycles. The summed E-state index contributed by atoms with van der Waals surface area (Å²) in [4.78, 5) is 46.6. The van der Waals surface area contributed by atoms with Gasteiger partial charge in [-0.15, -0.1) is 0 Å². The number of benzene rings is 1. The highest BCUT2D eigenvalue weighted by atomic mass is 16.5. The van der Waals surface area contributed by atoms with Gasteiger partial charge in [0, 0.05) is 6.07 Å². The van der Waals surface area contributed by atoms with E-state index in [1.165, 1.54) is 6.07 Å². The molecule has 9 nitrogen and oxygen atoms in total. The Morgan fingerprint density at radius 3 is 2.45 bits per heavy atom. The van der Waals surface area contributed by atoms with Gasteiger partial charge in [-0.2, -0.15) is 0 Å². The van der Waals surface area contributed by atoms with Gasteiger partial charge in [-0.3, -0.25) is 9.59 Å². The molecule has 2 aromatic rings. The Bertz CT molecular complexity index is 994. The van der Waals surface area contributed by atoms with Crippen molar-refractivity contribution < 1.29 is 28.6 Å². The predicted molar refractivity (Wildman–Crippen MR) is 105 cm³/mol. The Morgan fingerprint density at radius 2 is 1.83 bits per heavy atom. The summed E-state index contributed by atoms with van der Waals surface area (Å²) in [5.74, 6) is -2.23. The van der Waals surface area contributed by atoms with Crippen LogP contribution in [0.2, 0.25) is 0 Å². The first kappa shape index (κ1) is 21.9. The average Bonchev–Trinajstić information content (AvgIpc) is 2.60. The zero-order valence-corrected chi connectivity index (χ0v) is 16.7. The van der Waals surface area contributed by atoms with Gasteiger partial charge in [-0.05, 0) is 43.0 Å². The van der Waals surface area contributed by atoms with Crippen LogP contribution in [0.1, 0.15) is 25.0 Å². The molecule has 0 saturated heterocycles. The molecule has 0 aliphatic carbocycles. The molecule has 2 amide bonds. The average molecular weight is 404 g/mol. The van der Waals surface area contributed by atoms with Crippen LogP contribution in [0.15, 0.2) is 27.4 Å². The SMILES string of the molecule is Cc1cc(OCC(=O)NCC(=O)N[C@H](C(=O)O)C(C)C)c2c(C)cc(=O)oc2c1. The summed E-state index contributed by atoms with van der Waals surface area (Å²) in [6.07, 6.45) is 0. The summed E-state index contributed by atoms with van der Waals surface area (Å²) >= 11 is 0. The van der Waals surface area contributed by atoms with Crippen molar-refractivity contribution in [2.24, 2.45) is 5.92 Å². The largest absolute Gasteiger partial charge is 0.483 e. The number of ether oxygens (including phenoxy) is 1. The van der Waals surface area contributed by atoms with Crippen LogP contribution < -0.4 is 21.0 Å². The van der Waals surface area contributed by atoms with Gasteiger partial charge in [0.15, 0.2) is 6.61 Å². The monoisotopic (exact) mass is 404 g/mol. The van der Waals surface area contributed by atoms with E-state index in [2.05, 4.69) is 10.6 Å². The van der Waals surface area contributed by atoms with Crippen LogP contribution in [0, 0.1) is 19.8 Å². The standard InChI is InChI=1S/C20H24N2O7/c1-10(2)19(20(26)27)22-15(23)8-21-16(24)9-28-13-5-11(3)6-14-18(13)12(4)7-17(25)29-14/h5-7,10,19H,8-9H2,1-4H3,(H,21,24)(H,22,23)(H,26,27)/t19-/m0/s1. The molecule has 1 aromatic carbocycles. The number of rotatable bonds is 8. The molecule has 9 heteroatoms. The number of aliphatic carboxylic acids is 1. The second kappa shape index (κ2) is 9.22. The normalized spacial score (nSPS) is 11.9. The van der Waals surface area contributed by atoms with E-state index in [-0.39, 0.29) is 19.1 Å². The molecule has 2 rings (SSSR count). The number of carboxylic acids is 1. The van der Waals surface area contributed by atoms with Crippen molar-refractivity contribution in [3.05, 3.63) is 39.7 Å². The maximum atomic E-state index is 12.0. The first-order chi connectivity index (χ1) is 13.6. The molecular formula is C20H24N2O7. The Hall–Kier alpha value is -3.36. The molecule has 0 radical (unpaired) electrons. The van der Waals surface area contributed by atoms with Gasteiger partial charge in [0.25, 0.3) is 5.91 Å². The molecule has 0 bridgehead atoms. The van der Waals surface area contributed by atoms with Crippen molar-refractivity contribution in [2.45, 2.75) is 33.7 Å². The van der Waals surface area contributed by atoms with E-state index in [1.54, 1.807) is 39.8 Å². The molecule has 0 fully saturated rings. The van der Waals surface area contributed by atoms with E-state index in [0.29, 0.717) is 22.3 Å². The molecule has 0 saturated carbocycles. The van der Waals surface area contributed by atoms with Crippen molar-refractivity contribution in [2.75, 3.05) is 13.2 Å². The number of carbonyl (C=O) groups is 3. The number of carbonyl (C=O) groups excluding carboxylic acids is 2. The number of aryl methyl sites for hydroxylation is 2. The quantitative estimate of drug-likeness (QED) is 0.561. The van der Waals surface area contributed by atoms with E-state index in [0.717, 1.165) is 5.56 Å². The number of hydrogen-bond acceptors (Lipinski definition) is 6. The van der Waals surface area contributed by atoms with Crippen molar-refractivity contribution >= 4 is 28.8 Å². The molecule has 156 valence electrons. The minimum atomic E-state index is -1.14. The van der Waals surface area contributed by atoms with Crippen LogP contribution in [0.4, 0.5) is 0 Å². The topological polar surface area (TPSA) is 135 Å². The zero-order chi connectivity index (χ0) is 21.7. The molecule has 29 heavy (non-hydrogen) atoms. The second-order valence-electron chi connectivity index (χ2n) is 7.08. The molecule has 0 spiro atoms. The summed E-state index contributed by atoms with van der Waals surface area (Å²) in [7, 11) is 0. The van der Waals surface area contributed by atoms with E-state index in [9.17, 15) is 19.2 Å². The van der Waals surface area contributed by atoms with Gasteiger partial charge in [-0.25, -0.2) is 9.59 Å². The maximum absolute atomic E-state index is 12.0. The molecule has 1 heterocycles. The van der Waals surface area contributed by atoms with Gasteiger partial charge in [-0.1, -0.05) is 13.8 Å². The third-order valence-corrected chi connectivity index (χ3v) is 4.20. The fourth-order valence-electron chi connectivity index (χ4n) is 2.80. The van der Waals surface area contributed by atoms with Gasteiger partial charge < -0.3 is 24.9 Å². The number of fused-ring (bicyclic) bond motifs is 1. The predicted octanol–water partition coefficient (Wildman–Crippen LogP) is 1.13. The second-order valence-corrected chi connectivity index (χ2v) is 7.08. The van der Waals surface area contributed by atoms with Crippen LogP contribution >= 0.6 is 0 Å². The van der Waals surface area contributed by atoms with Gasteiger partial charge >= 0.3 is 11.6 Å². The van der Waals surface area contributed by atoms with E-state index < -0.39 is 29.5 Å². The first-order valence-corrected chi connectivity index (χ1v) is 9.05. The van der Waals surface area contributed by atoms with E-state index in [4.69, 9.17) is 14.3 Å². The Morgan fingerprint density at radius 1 is 1.14 bits per heavy atom. The highest BCUT2D eigenvalue weighted by Gasteiger charge is 2.23. The van der Waals surface area contributed by atoms with Crippen molar-refractivity contribution in [3.63, 3.8) is 0 Å². The third kappa shape index (κ3) is 5.81. The lowest BCUT2D eigenvalue weighted by atomic mass is 10.1. The fraction of sp³-hybridized carbons (Fsp3) is 0.400. The lowest BCUT2D eigenvalue weighted by molar-refractivity contribution is -0.143. The summed E-state index contributed by atoms with van der Waals surface area (Å²) in [6, 6.07) is 3.72. The van der Waals surface area contributed by atoms with Crippen LogP contribution in [-0.4, -0.2) is 42.1 Å². The number of hydrogen-bond donors (Lipinski definition) is 3. The Balaban J connectivity index is 1.99. The molecule has 1 atom stereocenters. The fourth-order valence-corrected chi connectivity index (χ4v) is 2.80. The minimum Gasteiger partial charge on any atom is -0.483 e. The summed E-state index contributed by atoms with van der Waals surface area (Å²) in [6.45, 7) is 6.13. The molecule has 3 N–H and O–H groups in total. The van der Waals surface area contributed by atoms with Gasteiger partial charge in [0.05, 0.1) is 11.9 Å². The van der Waals surface area contributed by atoms with Gasteiger partial charge in [0.2, 0.25) is 5.91 Å². The van der Waals surface area contributed by atoms with Crippen LogP contribution in [0.25, 0.3) is 11.0 Å². The first-order valence-electron chi connectivity index (χ1n) is 9.05. The highest BCUT2D eigenvalue weighted by molar-refractivity contribution is 5.89. The molecule has 0 unspecified atom stereocenters. The number of nitrogens with one attached hydrogen (secondary N) is 2. The zero-order valence-electron chi connectivity index (χ0n) is 16.7.